The molecule has 128 valence electrons. The van der Waals surface area contributed by atoms with Gasteiger partial charge >= 0.3 is 6.03 Å². The first-order chi connectivity index (χ1) is 11.7. The van der Waals surface area contributed by atoms with Gasteiger partial charge < -0.3 is 10.6 Å². The highest BCUT2D eigenvalue weighted by atomic mass is 32.2. The molecule has 0 aliphatic heterocycles. The van der Waals surface area contributed by atoms with E-state index in [0.717, 1.165) is 29.7 Å². The fourth-order valence-electron chi connectivity index (χ4n) is 2.29. The van der Waals surface area contributed by atoms with E-state index in [1.807, 2.05) is 54.6 Å². The number of benzene rings is 2. The lowest BCUT2D eigenvalue weighted by Gasteiger charge is -2.09. The van der Waals surface area contributed by atoms with Gasteiger partial charge in [0.1, 0.15) is 0 Å². The van der Waals surface area contributed by atoms with E-state index in [1.165, 1.54) is 0 Å². The van der Waals surface area contributed by atoms with Crippen LogP contribution in [0.1, 0.15) is 30.9 Å². The Morgan fingerprint density at radius 2 is 1.71 bits per heavy atom. The van der Waals surface area contributed by atoms with Crippen molar-refractivity contribution >= 4 is 22.5 Å². The predicted octanol–water partition coefficient (Wildman–Crippen LogP) is 4.06. The molecule has 0 spiro atoms. The second-order valence-electron chi connectivity index (χ2n) is 5.65. The number of carbonyl (C=O) groups is 1. The van der Waals surface area contributed by atoms with Crippen LogP contribution in [0.5, 0.6) is 0 Å². The minimum absolute atomic E-state index is 0.203. The normalized spacial score (nSPS) is 11.7. The van der Waals surface area contributed by atoms with E-state index in [1.54, 1.807) is 0 Å². The van der Waals surface area contributed by atoms with Crippen molar-refractivity contribution in [1.29, 1.82) is 0 Å². The minimum Gasteiger partial charge on any atom is -0.338 e. The third-order valence-corrected chi connectivity index (χ3v) is 4.81. The third-order valence-electron chi connectivity index (χ3n) is 3.50. The van der Waals surface area contributed by atoms with E-state index < -0.39 is 10.8 Å². The third kappa shape index (κ3) is 6.54. The maximum absolute atomic E-state index is 12.3. The van der Waals surface area contributed by atoms with Crippen LogP contribution in [0.2, 0.25) is 0 Å². The summed E-state index contributed by atoms with van der Waals surface area (Å²) in [5.74, 6) is 1.01. The molecule has 5 heteroatoms. The Hall–Kier alpha value is -2.14. The number of rotatable bonds is 8. The molecule has 0 bridgehead atoms. The summed E-state index contributed by atoms with van der Waals surface area (Å²) in [7, 11) is -0.977. The molecule has 2 amide bonds. The van der Waals surface area contributed by atoms with Crippen molar-refractivity contribution < 1.29 is 9.00 Å². The van der Waals surface area contributed by atoms with Crippen LogP contribution in [0, 0.1) is 0 Å². The van der Waals surface area contributed by atoms with Gasteiger partial charge in [0.2, 0.25) is 0 Å². The molecule has 2 N–H and O–H groups in total. The van der Waals surface area contributed by atoms with Crippen molar-refractivity contribution in [2.75, 3.05) is 11.9 Å². The number of hydrogen-bond acceptors (Lipinski definition) is 2. The fraction of sp³-hybridized carbons (Fsp3) is 0.316. The molecule has 0 saturated heterocycles. The first-order valence-corrected chi connectivity index (χ1v) is 9.69. The summed E-state index contributed by atoms with van der Waals surface area (Å²) >= 11 is 0. The molecule has 0 radical (unpaired) electrons. The minimum atomic E-state index is -0.977. The van der Waals surface area contributed by atoms with Gasteiger partial charge in [-0.15, -0.1) is 0 Å². The van der Waals surface area contributed by atoms with Crippen LogP contribution in [0.4, 0.5) is 10.5 Å². The largest absolute Gasteiger partial charge is 0.338 e. The standard InChI is InChI=1S/C19H24N2O2S/c1-2-3-12-20-19(22)21-18-11-7-10-17(13-18)15-24(23)14-16-8-5-4-6-9-16/h4-11,13H,2-3,12,14-15H2,1H3,(H2,20,21,22)/t24-/m0/s1. The molecule has 24 heavy (non-hydrogen) atoms. The molecule has 2 aromatic carbocycles. The molecular formula is C19H24N2O2S. The lowest BCUT2D eigenvalue weighted by molar-refractivity contribution is 0.252. The van der Waals surface area contributed by atoms with Crippen molar-refractivity contribution in [3.8, 4) is 0 Å². The van der Waals surface area contributed by atoms with Crippen LogP contribution in [0.3, 0.4) is 0 Å². The topological polar surface area (TPSA) is 58.2 Å². The molecule has 0 aromatic heterocycles. The van der Waals surface area contributed by atoms with E-state index in [-0.39, 0.29) is 6.03 Å². The van der Waals surface area contributed by atoms with Gasteiger partial charge in [-0.3, -0.25) is 4.21 Å². The Morgan fingerprint density at radius 1 is 1.00 bits per heavy atom. The first-order valence-electron chi connectivity index (χ1n) is 8.20. The van der Waals surface area contributed by atoms with E-state index in [0.29, 0.717) is 18.1 Å². The highest BCUT2D eigenvalue weighted by Gasteiger charge is 2.06. The fourth-order valence-corrected chi connectivity index (χ4v) is 3.51. The van der Waals surface area contributed by atoms with Gasteiger partial charge in [0.05, 0.1) is 0 Å². The van der Waals surface area contributed by atoms with Crippen molar-refractivity contribution in [3.63, 3.8) is 0 Å². The smallest absolute Gasteiger partial charge is 0.319 e. The summed E-state index contributed by atoms with van der Waals surface area (Å²) in [6.07, 6.45) is 2.01. The van der Waals surface area contributed by atoms with Crippen molar-refractivity contribution in [3.05, 3.63) is 65.7 Å². The van der Waals surface area contributed by atoms with Gasteiger partial charge in [-0.1, -0.05) is 55.8 Å². The van der Waals surface area contributed by atoms with Crippen molar-refractivity contribution in [2.45, 2.75) is 31.3 Å². The number of urea groups is 1. The highest BCUT2D eigenvalue weighted by Crippen LogP contribution is 2.14. The average molecular weight is 344 g/mol. The van der Waals surface area contributed by atoms with Gasteiger partial charge in [0.15, 0.2) is 0 Å². The van der Waals surface area contributed by atoms with E-state index in [9.17, 15) is 9.00 Å². The predicted molar refractivity (Wildman–Crippen MR) is 100 cm³/mol. The molecule has 0 heterocycles. The Balaban J connectivity index is 1.87. The number of nitrogens with one attached hydrogen (secondary N) is 2. The van der Waals surface area contributed by atoms with Gasteiger partial charge in [0, 0.05) is 34.5 Å². The van der Waals surface area contributed by atoms with Crippen LogP contribution in [-0.4, -0.2) is 16.8 Å². The Morgan fingerprint density at radius 3 is 2.46 bits per heavy atom. The Labute approximate surface area is 146 Å². The van der Waals surface area contributed by atoms with Crippen LogP contribution in [-0.2, 0) is 22.3 Å². The number of unbranched alkanes of at least 4 members (excludes halogenated alkanes) is 1. The molecule has 1 atom stereocenters. The number of amides is 2. The number of carbonyl (C=O) groups excluding carboxylic acids is 1. The molecule has 0 fully saturated rings. The summed E-state index contributed by atoms with van der Waals surface area (Å²) < 4.78 is 12.3. The molecule has 0 saturated carbocycles. The summed E-state index contributed by atoms with van der Waals surface area (Å²) in [6.45, 7) is 2.75. The maximum Gasteiger partial charge on any atom is 0.319 e. The van der Waals surface area contributed by atoms with Gasteiger partial charge in [-0.25, -0.2) is 4.79 Å². The first kappa shape index (κ1) is 18.2. The molecule has 0 unspecified atom stereocenters. The zero-order chi connectivity index (χ0) is 17.2. The summed E-state index contributed by atoms with van der Waals surface area (Å²) in [4.78, 5) is 11.8. The highest BCUT2D eigenvalue weighted by molar-refractivity contribution is 7.83. The summed E-state index contributed by atoms with van der Waals surface area (Å²) in [5.41, 5.74) is 2.74. The average Bonchev–Trinajstić information content (AvgIpc) is 2.56. The zero-order valence-electron chi connectivity index (χ0n) is 14.0. The van der Waals surface area contributed by atoms with Crippen LogP contribution in [0.15, 0.2) is 54.6 Å². The molecule has 2 aromatic rings. The van der Waals surface area contributed by atoms with Crippen LogP contribution >= 0.6 is 0 Å². The Kier molecular flexibility index (Phi) is 7.49. The van der Waals surface area contributed by atoms with Gasteiger partial charge in [-0.2, -0.15) is 0 Å². The second-order valence-corrected chi connectivity index (χ2v) is 7.11. The van der Waals surface area contributed by atoms with Crippen LogP contribution < -0.4 is 10.6 Å². The van der Waals surface area contributed by atoms with Gasteiger partial charge in [0.25, 0.3) is 0 Å². The van der Waals surface area contributed by atoms with Gasteiger partial charge in [-0.05, 0) is 29.7 Å². The van der Waals surface area contributed by atoms with E-state index >= 15 is 0 Å². The van der Waals surface area contributed by atoms with Crippen LogP contribution in [0.25, 0.3) is 0 Å². The molecule has 0 aliphatic carbocycles. The molecular weight excluding hydrogens is 320 g/mol. The Bertz CT molecular complexity index is 674. The van der Waals surface area contributed by atoms with Crippen molar-refractivity contribution in [2.24, 2.45) is 0 Å². The SMILES string of the molecule is CCCCNC(=O)Nc1cccc(C[S@@](=O)Cc2ccccc2)c1. The second kappa shape index (κ2) is 9.88. The van der Waals surface area contributed by atoms with E-state index in [4.69, 9.17) is 0 Å². The lowest BCUT2D eigenvalue weighted by atomic mass is 10.2. The van der Waals surface area contributed by atoms with E-state index in [2.05, 4.69) is 17.6 Å². The monoisotopic (exact) mass is 344 g/mol. The zero-order valence-corrected chi connectivity index (χ0v) is 14.8. The number of anilines is 1. The maximum atomic E-state index is 12.3. The summed E-state index contributed by atoms with van der Waals surface area (Å²) in [5, 5.41) is 5.63. The summed E-state index contributed by atoms with van der Waals surface area (Å²) in [6, 6.07) is 17.1. The molecule has 4 nitrogen and oxygen atoms in total. The quantitative estimate of drug-likeness (QED) is 0.710. The van der Waals surface area contributed by atoms with Crippen molar-refractivity contribution in [1.82, 2.24) is 5.32 Å². The lowest BCUT2D eigenvalue weighted by Crippen LogP contribution is -2.29. The molecule has 2 rings (SSSR count). The molecule has 0 aliphatic rings. The number of hydrogen-bond donors (Lipinski definition) is 2.